The van der Waals surface area contributed by atoms with E-state index in [-0.39, 0.29) is 50.9 Å². The molecule has 0 bridgehead atoms. The third-order valence-corrected chi connectivity index (χ3v) is 20.7. The van der Waals surface area contributed by atoms with Gasteiger partial charge >= 0.3 is 0 Å². The Kier molecular flexibility index (Phi) is 12.2. The minimum absolute atomic E-state index is 0.167. The number of carbonyl (C=O) groups excluding carboxylic acids is 8. The van der Waals surface area contributed by atoms with E-state index in [1.54, 1.807) is 72.6 Å². The maximum atomic E-state index is 15.3. The van der Waals surface area contributed by atoms with Gasteiger partial charge in [-0.3, -0.25) is 53.1 Å². The van der Waals surface area contributed by atoms with E-state index in [9.17, 15) is 44.1 Å². The molecule has 12 aromatic rings. The molecule has 0 radical (unpaired) electrons. The van der Waals surface area contributed by atoms with E-state index in [0.717, 1.165) is 18.0 Å². The van der Waals surface area contributed by atoms with Gasteiger partial charge in [0.25, 0.3) is 41.4 Å². The average molecular weight is 1200 g/mol. The first-order valence-electron chi connectivity index (χ1n) is 30.4. The van der Waals surface area contributed by atoms with Gasteiger partial charge in [0.15, 0.2) is 6.29 Å². The van der Waals surface area contributed by atoms with Crippen LogP contribution in [0.4, 0.5) is 0 Å². The highest BCUT2D eigenvalue weighted by Gasteiger charge is 2.42. The van der Waals surface area contributed by atoms with Crippen LogP contribution in [0, 0.1) is 22.7 Å². The number of hydrogen-bond donors (Lipinski definition) is 0. The lowest BCUT2D eigenvalue weighted by atomic mass is 9.78. The molecule has 0 fully saturated rings. The van der Waals surface area contributed by atoms with E-state index >= 15 is 4.79 Å². The molecule has 4 atom stereocenters. The van der Waals surface area contributed by atoms with Crippen LogP contribution in [0.2, 0.25) is 0 Å². The van der Waals surface area contributed by atoms with Crippen molar-refractivity contribution in [3.05, 3.63) is 141 Å². The summed E-state index contributed by atoms with van der Waals surface area (Å²) in [6.45, 7) is 15.1. The van der Waals surface area contributed by atoms with Gasteiger partial charge in [-0.2, -0.15) is 19.3 Å². The number of aromatic nitrogens is 2. The number of imide groups is 3. The summed E-state index contributed by atoms with van der Waals surface area (Å²) in [4.78, 5) is 123. The van der Waals surface area contributed by atoms with Gasteiger partial charge in [-0.1, -0.05) is 64.1 Å². The second-order valence-electron chi connectivity index (χ2n) is 24.4. The molecule has 3 aliphatic rings. The summed E-state index contributed by atoms with van der Waals surface area (Å²) in [5.74, 6) is -3.27. The van der Waals surface area contributed by atoms with Crippen LogP contribution in [-0.2, 0) is 0 Å². The zero-order valence-corrected chi connectivity index (χ0v) is 51.4. The van der Waals surface area contributed by atoms with Gasteiger partial charge in [0.05, 0.1) is 46.1 Å². The maximum Gasteiger partial charge on any atom is 0.261 e. The Labute approximate surface area is 518 Å². The number of hydrogen-bond acceptors (Lipinski definition) is 13. The molecule has 0 aliphatic carbocycles. The fraction of sp³-hybridized carbons (Fsp3) is 0.233. The molecule has 16 nitrogen and oxygen atoms in total. The summed E-state index contributed by atoms with van der Waals surface area (Å²) in [5.41, 5.74) is 5.11. The normalized spacial score (nSPS) is 15.5. The van der Waals surface area contributed by atoms with Crippen LogP contribution in [0.15, 0.2) is 84.9 Å². The summed E-state index contributed by atoms with van der Waals surface area (Å²) in [7, 11) is 1.72. The van der Waals surface area contributed by atoms with Gasteiger partial charge in [-0.15, -0.1) is 0 Å². The van der Waals surface area contributed by atoms with E-state index in [2.05, 4.69) is 12.1 Å². The minimum Gasteiger partial charge on any atom is -0.339 e. The Morgan fingerprint density at radius 2 is 0.811 bits per heavy atom. The van der Waals surface area contributed by atoms with Crippen molar-refractivity contribution < 1.29 is 38.4 Å². The maximum absolute atomic E-state index is 15.3. The van der Waals surface area contributed by atoms with Crippen LogP contribution in [0.5, 0.6) is 0 Å². The molecule has 7 amide bonds. The molecule has 15 rings (SSSR count). The highest BCUT2D eigenvalue weighted by Crippen LogP contribution is 2.54. The van der Waals surface area contributed by atoms with E-state index in [4.69, 9.17) is 8.75 Å². The molecular formula is C73H54N8O8S. The Morgan fingerprint density at radius 3 is 1.21 bits per heavy atom. The SMILES string of the molecule is CCC(C)N(C)C(=O)c1ccc2c3c(C#N)cc4c5c(ccc(c6c(-c7ccc(-c8cc9c%10c(ccc%11c%12c(C#N)cc%13c%14c(ccc(c8c%10%11)c%14%12)C(=O)N(C(C)CC)C%13=O)C(=O)N(C(C)CC)C9=O)c8nsnc78)cc(C=O)c1c26)c53)C(=O)N(C(C)CC)C4=O. The lowest BCUT2D eigenvalue weighted by molar-refractivity contribution is 0.0532. The van der Waals surface area contributed by atoms with Gasteiger partial charge in [-0.05, 0) is 156 Å². The van der Waals surface area contributed by atoms with Crippen LogP contribution in [0.3, 0.4) is 0 Å². The van der Waals surface area contributed by atoms with E-state index in [1.807, 2.05) is 79.7 Å². The van der Waals surface area contributed by atoms with Crippen molar-refractivity contribution in [1.82, 2.24) is 28.3 Å². The van der Waals surface area contributed by atoms with Crippen LogP contribution in [0.1, 0.15) is 175 Å². The van der Waals surface area contributed by atoms with Crippen molar-refractivity contribution in [2.24, 2.45) is 0 Å². The molecular weight excluding hydrogens is 1150 g/mol. The molecule has 0 spiro atoms. The predicted molar refractivity (Wildman–Crippen MR) is 348 cm³/mol. The average Bonchev–Trinajstić information content (AvgIpc) is 0.707. The number of nitrogens with zero attached hydrogens (tertiary/aromatic N) is 8. The highest BCUT2D eigenvalue weighted by atomic mass is 32.1. The van der Waals surface area contributed by atoms with Crippen molar-refractivity contribution in [2.75, 3.05) is 7.05 Å². The molecule has 0 saturated carbocycles. The quantitative estimate of drug-likeness (QED) is 0.0482. The summed E-state index contributed by atoms with van der Waals surface area (Å²) in [6, 6.07) is 27.6. The zero-order chi connectivity index (χ0) is 63.1. The predicted octanol–water partition coefficient (Wildman–Crippen LogP) is 14.7. The van der Waals surface area contributed by atoms with Crippen molar-refractivity contribution >= 4 is 157 Å². The van der Waals surface area contributed by atoms with Crippen molar-refractivity contribution in [3.8, 4) is 34.4 Å². The standard InChI is InChI=1S/C73H54N8O8S/c1-10-31(5)78(9)67(83)44-20-16-40-53-35(28-74)24-50-58-45(68(84)79(71(50)87)32(6)11-2)22-18-42(62(53)58)56-48(26-37(30-82)55(44)61(40)56)38-14-15-39(66-65(38)76-90-77-66)49-27-52-60-47(70(86)81(73(52)89)34(8)13-4)21-17-41-54-36(29-75)25-51-59-46(69(85)80(72(51)88)33(7)12-3)23-19-43(63(54)59)57(49)64(41)60/h14-27,30-34H,10-13H2,1-9H3. The molecule has 1 aromatic heterocycles. The molecule has 440 valence electrons. The fourth-order valence-corrected chi connectivity index (χ4v) is 15.5. The van der Waals surface area contributed by atoms with Crippen LogP contribution < -0.4 is 0 Å². The molecule has 90 heavy (non-hydrogen) atoms. The Bertz CT molecular complexity index is 5540. The van der Waals surface area contributed by atoms with Gasteiger partial charge in [0, 0.05) is 119 Å². The van der Waals surface area contributed by atoms with Gasteiger partial charge in [0.2, 0.25) is 0 Å². The smallest absolute Gasteiger partial charge is 0.261 e. The molecule has 0 N–H and O–H groups in total. The summed E-state index contributed by atoms with van der Waals surface area (Å²) < 4.78 is 10.1. The topological polar surface area (TPSA) is 223 Å². The van der Waals surface area contributed by atoms with Gasteiger partial charge < -0.3 is 4.90 Å². The summed E-state index contributed by atoms with van der Waals surface area (Å²) >= 11 is 0.938. The lowest BCUT2D eigenvalue weighted by Gasteiger charge is -2.34. The summed E-state index contributed by atoms with van der Waals surface area (Å²) in [5, 5.41) is 30.0. The van der Waals surface area contributed by atoms with E-state index in [1.165, 1.54) is 14.7 Å². The third-order valence-electron chi connectivity index (χ3n) is 20.2. The molecule has 11 aromatic carbocycles. The second kappa shape index (κ2) is 19.7. The monoisotopic (exact) mass is 1200 g/mol. The van der Waals surface area contributed by atoms with Crippen molar-refractivity contribution in [1.29, 1.82) is 10.5 Å². The zero-order valence-electron chi connectivity index (χ0n) is 50.6. The second-order valence-corrected chi connectivity index (χ2v) is 24.9. The van der Waals surface area contributed by atoms with Crippen LogP contribution in [0.25, 0.3) is 119 Å². The first-order valence-corrected chi connectivity index (χ1v) is 31.1. The Hall–Kier alpha value is -10.6. The molecule has 17 heteroatoms. The number of amides is 7. The van der Waals surface area contributed by atoms with Crippen LogP contribution >= 0.6 is 11.7 Å². The fourth-order valence-electron chi connectivity index (χ4n) is 14.9. The minimum atomic E-state index is -0.523. The number of fused-ring (bicyclic) bond motifs is 5. The Morgan fingerprint density at radius 1 is 0.456 bits per heavy atom. The number of aldehydes is 1. The largest absolute Gasteiger partial charge is 0.339 e. The third kappa shape index (κ3) is 6.98. The van der Waals surface area contributed by atoms with Gasteiger partial charge in [-0.25, -0.2) is 0 Å². The number of nitriles is 2. The first kappa shape index (κ1) is 55.9. The van der Waals surface area contributed by atoms with Crippen molar-refractivity contribution in [3.63, 3.8) is 0 Å². The van der Waals surface area contributed by atoms with E-state index < -0.39 is 53.6 Å². The van der Waals surface area contributed by atoms with Crippen molar-refractivity contribution in [2.45, 2.75) is 105 Å². The first-order chi connectivity index (χ1) is 43.4. The lowest BCUT2D eigenvalue weighted by Crippen LogP contribution is -2.45. The molecule has 3 aliphatic heterocycles. The number of benzene rings is 11. The number of carbonyl (C=O) groups is 8. The van der Waals surface area contributed by atoms with Gasteiger partial charge in [0.1, 0.15) is 11.0 Å². The highest BCUT2D eigenvalue weighted by molar-refractivity contribution is 7.00. The Balaban J connectivity index is 1.08. The number of rotatable bonds is 12. The van der Waals surface area contributed by atoms with Crippen LogP contribution in [-0.4, -0.2) is 107 Å². The summed E-state index contributed by atoms with van der Waals surface area (Å²) in [6.07, 6.45) is 2.86. The molecule has 4 unspecified atom stereocenters. The van der Waals surface area contributed by atoms with E-state index in [0.29, 0.717) is 162 Å². The molecule has 0 saturated heterocycles. The molecule has 4 heterocycles.